The zero-order valence-electron chi connectivity index (χ0n) is 11.8. The summed E-state index contributed by atoms with van der Waals surface area (Å²) in [6, 6.07) is 5.15. The van der Waals surface area contributed by atoms with Crippen LogP contribution in [0.5, 0.6) is 0 Å². The molecule has 0 N–H and O–H groups in total. The number of fused-ring (bicyclic) bond motifs is 1. The van der Waals surface area contributed by atoms with E-state index in [1.807, 2.05) is 12.1 Å². The number of halogens is 1. The minimum Gasteiger partial charge on any atom is -0.465 e. The average molecular weight is 297 g/mol. The van der Waals surface area contributed by atoms with Gasteiger partial charge in [-0.15, -0.1) is 0 Å². The zero-order chi connectivity index (χ0) is 15.7. The third kappa shape index (κ3) is 1.99. The van der Waals surface area contributed by atoms with E-state index in [2.05, 4.69) is 4.98 Å². The first-order chi connectivity index (χ1) is 10.7. The summed E-state index contributed by atoms with van der Waals surface area (Å²) in [5, 5.41) is 9.51. The van der Waals surface area contributed by atoms with Gasteiger partial charge in [0.1, 0.15) is 11.6 Å². The van der Waals surface area contributed by atoms with Gasteiger partial charge in [0, 0.05) is 12.7 Å². The molecule has 2 aromatic heterocycles. The van der Waals surface area contributed by atoms with E-state index in [-0.39, 0.29) is 16.7 Å². The molecule has 1 aliphatic rings. The summed E-state index contributed by atoms with van der Waals surface area (Å²) in [7, 11) is 1.25. The monoisotopic (exact) mass is 297 g/mol. The second-order valence-electron chi connectivity index (χ2n) is 4.77. The fourth-order valence-corrected chi connectivity index (χ4v) is 2.70. The first-order valence-electron chi connectivity index (χ1n) is 6.71. The van der Waals surface area contributed by atoms with Crippen LogP contribution >= 0.6 is 0 Å². The Morgan fingerprint density at radius 1 is 1.55 bits per heavy atom. The van der Waals surface area contributed by atoms with E-state index in [9.17, 15) is 14.4 Å². The number of nitriles is 1. The molecule has 3 rings (SSSR count). The van der Waals surface area contributed by atoms with Crippen LogP contribution in [0.15, 0.2) is 24.4 Å². The number of hydrogen-bond donors (Lipinski definition) is 0. The van der Waals surface area contributed by atoms with Crippen molar-refractivity contribution in [1.29, 1.82) is 5.26 Å². The third-order valence-corrected chi connectivity index (χ3v) is 3.61. The molecule has 110 valence electrons. The Morgan fingerprint density at radius 2 is 2.36 bits per heavy atom. The average Bonchev–Trinajstić information content (AvgIpc) is 2.88. The largest absolute Gasteiger partial charge is 0.465 e. The molecule has 0 radical (unpaired) electrons. The molecule has 1 aliphatic heterocycles. The number of pyridine rings is 1. The van der Waals surface area contributed by atoms with Crippen molar-refractivity contribution in [3.8, 4) is 17.3 Å². The van der Waals surface area contributed by atoms with Gasteiger partial charge in [-0.25, -0.2) is 9.78 Å². The lowest BCUT2D eigenvalue weighted by molar-refractivity contribution is 0.0600. The molecule has 0 atom stereocenters. The molecular formula is C16H12FN3O2. The van der Waals surface area contributed by atoms with E-state index in [1.165, 1.54) is 13.3 Å². The van der Waals surface area contributed by atoms with E-state index in [4.69, 9.17) is 4.74 Å². The van der Waals surface area contributed by atoms with Crippen LogP contribution in [0, 0.1) is 17.3 Å². The standard InChI is InChI=1S/C16H12FN3O2/c1-22-16(21)13-11(9-18)14(10-5-4-7-19-15(10)17)20-8-3-2-6-12(13)20/h2,4-7H,3,8H2,1H3. The third-order valence-electron chi connectivity index (χ3n) is 3.61. The van der Waals surface area contributed by atoms with Crippen LogP contribution in [0.3, 0.4) is 0 Å². The highest BCUT2D eigenvalue weighted by Gasteiger charge is 2.29. The molecule has 0 amide bonds. The summed E-state index contributed by atoms with van der Waals surface area (Å²) in [6.07, 6.45) is 5.74. The van der Waals surface area contributed by atoms with Gasteiger partial charge in [-0.1, -0.05) is 6.08 Å². The summed E-state index contributed by atoms with van der Waals surface area (Å²) in [5.41, 5.74) is 1.41. The van der Waals surface area contributed by atoms with Crippen LogP contribution < -0.4 is 0 Å². The Balaban J connectivity index is 2.39. The number of aromatic nitrogens is 2. The van der Waals surface area contributed by atoms with Crippen molar-refractivity contribution in [3.05, 3.63) is 47.2 Å². The SMILES string of the molecule is COC(=O)c1c(C#N)c(-c2cccnc2F)n2c1C=CCC2. The Hall–Kier alpha value is -2.94. The van der Waals surface area contributed by atoms with Crippen molar-refractivity contribution in [2.45, 2.75) is 13.0 Å². The maximum absolute atomic E-state index is 14.1. The van der Waals surface area contributed by atoms with Crippen LogP contribution in [0.25, 0.3) is 17.3 Å². The maximum atomic E-state index is 14.1. The molecule has 0 unspecified atom stereocenters. The van der Waals surface area contributed by atoms with E-state index in [1.54, 1.807) is 22.8 Å². The first-order valence-corrected chi connectivity index (χ1v) is 6.71. The van der Waals surface area contributed by atoms with Crippen LogP contribution in [0.2, 0.25) is 0 Å². The fraction of sp³-hybridized carbons (Fsp3) is 0.188. The van der Waals surface area contributed by atoms with E-state index >= 15 is 0 Å². The fourth-order valence-electron chi connectivity index (χ4n) is 2.70. The molecule has 2 aromatic rings. The lowest BCUT2D eigenvalue weighted by Gasteiger charge is -2.14. The Morgan fingerprint density at radius 3 is 3.05 bits per heavy atom. The molecule has 5 nitrogen and oxygen atoms in total. The number of carbonyl (C=O) groups excluding carboxylic acids is 1. The van der Waals surface area contributed by atoms with Crippen molar-refractivity contribution in [2.75, 3.05) is 7.11 Å². The number of ether oxygens (including phenoxy) is 1. The quantitative estimate of drug-likeness (QED) is 0.631. The molecule has 0 fully saturated rings. The maximum Gasteiger partial charge on any atom is 0.341 e. The van der Waals surface area contributed by atoms with Crippen molar-refractivity contribution in [2.24, 2.45) is 0 Å². The summed E-state index contributed by atoms with van der Waals surface area (Å²) in [6.45, 7) is 0.557. The lowest BCUT2D eigenvalue weighted by Crippen LogP contribution is -2.09. The Labute approximate surface area is 126 Å². The van der Waals surface area contributed by atoms with Crippen LogP contribution in [-0.2, 0) is 11.3 Å². The number of hydrogen-bond acceptors (Lipinski definition) is 4. The van der Waals surface area contributed by atoms with Crippen molar-refractivity contribution >= 4 is 12.0 Å². The molecule has 0 saturated carbocycles. The first kappa shape index (κ1) is 14.0. The number of allylic oxidation sites excluding steroid dienone is 1. The molecule has 22 heavy (non-hydrogen) atoms. The summed E-state index contributed by atoms with van der Waals surface area (Å²) >= 11 is 0. The van der Waals surface area contributed by atoms with Crippen molar-refractivity contribution in [3.63, 3.8) is 0 Å². The molecular weight excluding hydrogens is 285 g/mol. The molecule has 6 heteroatoms. The highest BCUT2D eigenvalue weighted by Crippen LogP contribution is 2.35. The van der Waals surface area contributed by atoms with Gasteiger partial charge in [0.15, 0.2) is 0 Å². The molecule has 0 saturated heterocycles. The zero-order valence-corrected chi connectivity index (χ0v) is 11.8. The number of nitrogens with zero attached hydrogens (tertiary/aromatic N) is 3. The van der Waals surface area contributed by atoms with Gasteiger partial charge in [-0.2, -0.15) is 9.65 Å². The second-order valence-corrected chi connectivity index (χ2v) is 4.77. The van der Waals surface area contributed by atoms with Gasteiger partial charge in [0.05, 0.1) is 29.6 Å². The normalized spacial score (nSPS) is 12.6. The minimum absolute atomic E-state index is 0.111. The summed E-state index contributed by atoms with van der Waals surface area (Å²) in [5.74, 6) is -1.28. The second kappa shape index (κ2) is 5.45. The predicted molar refractivity (Wildman–Crippen MR) is 77.3 cm³/mol. The van der Waals surface area contributed by atoms with Gasteiger partial charge in [-0.05, 0) is 24.6 Å². The smallest absolute Gasteiger partial charge is 0.341 e. The highest BCUT2D eigenvalue weighted by atomic mass is 19.1. The van der Waals surface area contributed by atoms with E-state index < -0.39 is 11.9 Å². The summed E-state index contributed by atoms with van der Waals surface area (Å²) < 4.78 is 20.6. The van der Waals surface area contributed by atoms with E-state index in [0.717, 1.165) is 6.42 Å². The number of esters is 1. The Kier molecular flexibility index (Phi) is 3.47. The number of carbonyl (C=O) groups is 1. The van der Waals surface area contributed by atoms with Gasteiger partial charge < -0.3 is 9.30 Å². The van der Waals surface area contributed by atoms with E-state index in [0.29, 0.717) is 17.9 Å². The highest BCUT2D eigenvalue weighted by molar-refractivity contribution is 5.99. The number of rotatable bonds is 2. The van der Waals surface area contributed by atoms with Gasteiger partial charge in [-0.3, -0.25) is 0 Å². The molecule has 0 bridgehead atoms. The van der Waals surface area contributed by atoms with Gasteiger partial charge in [0.2, 0.25) is 5.95 Å². The minimum atomic E-state index is -0.676. The topological polar surface area (TPSA) is 67.9 Å². The molecule has 3 heterocycles. The summed E-state index contributed by atoms with van der Waals surface area (Å²) in [4.78, 5) is 15.7. The predicted octanol–water partition coefficient (Wildman–Crippen LogP) is 2.76. The van der Waals surface area contributed by atoms with Crippen LogP contribution in [0.1, 0.15) is 28.0 Å². The van der Waals surface area contributed by atoms with Crippen molar-refractivity contribution < 1.29 is 13.9 Å². The number of methoxy groups -OCH3 is 1. The molecule has 0 aromatic carbocycles. The van der Waals surface area contributed by atoms with Gasteiger partial charge in [0.25, 0.3) is 0 Å². The van der Waals surface area contributed by atoms with Crippen LogP contribution in [0.4, 0.5) is 4.39 Å². The molecule has 0 spiro atoms. The Bertz CT molecular complexity index is 831. The molecule has 0 aliphatic carbocycles. The van der Waals surface area contributed by atoms with Crippen LogP contribution in [-0.4, -0.2) is 22.6 Å². The van der Waals surface area contributed by atoms with Gasteiger partial charge >= 0.3 is 5.97 Å². The van der Waals surface area contributed by atoms with Crippen molar-refractivity contribution in [1.82, 2.24) is 9.55 Å². The lowest BCUT2D eigenvalue weighted by atomic mass is 10.1.